The molecule has 0 bridgehead atoms. The number of hydrogen-bond donors (Lipinski definition) is 0. The van der Waals surface area contributed by atoms with E-state index in [2.05, 4.69) is 53.1 Å². The number of likely N-dealkylation sites (tertiary alicyclic amines) is 2. The van der Waals surface area contributed by atoms with Crippen LogP contribution in [0.15, 0.2) is 76.5 Å². The summed E-state index contributed by atoms with van der Waals surface area (Å²) in [7, 11) is 0.442. The first kappa shape index (κ1) is 34.3. The highest BCUT2D eigenvalue weighted by molar-refractivity contribution is 7.91. The van der Waals surface area contributed by atoms with Gasteiger partial charge in [0, 0.05) is 36.7 Å². The lowest BCUT2D eigenvalue weighted by molar-refractivity contribution is -0.215. The van der Waals surface area contributed by atoms with E-state index in [4.69, 9.17) is 23.7 Å². The summed E-state index contributed by atoms with van der Waals surface area (Å²) in [5.74, 6) is 1.30. The second-order valence-electron chi connectivity index (χ2n) is 13.9. The Morgan fingerprint density at radius 3 is 2.18 bits per heavy atom. The zero-order valence-corrected chi connectivity index (χ0v) is 29.5. The van der Waals surface area contributed by atoms with Crippen LogP contribution in [-0.2, 0) is 31.6 Å². The fourth-order valence-corrected chi connectivity index (χ4v) is 9.00. The van der Waals surface area contributed by atoms with Gasteiger partial charge in [0.15, 0.2) is 17.3 Å². The molecule has 49 heavy (non-hydrogen) atoms. The van der Waals surface area contributed by atoms with Crippen molar-refractivity contribution in [2.45, 2.75) is 60.3 Å². The molecule has 3 fully saturated rings. The Morgan fingerprint density at radius 1 is 0.816 bits per heavy atom. The number of benzene rings is 3. The quantitative estimate of drug-likeness (QED) is 0.238. The lowest BCUT2D eigenvalue weighted by atomic mass is 9.83. The molecule has 0 aromatic heterocycles. The van der Waals surface area contributed by atoms with Crippen molar-refractivity contribution in [3.63, 3.8) is 0 Å². The van der Waals surface area contributed by atoms with Gasteiger partial charge in [-0.3, -0.25) is 4.90 Å². The van der Waals surface area contributed by atoms with Crippen LogP contribution in [0, 0.1) is 5.92 Å². The first-order chi connectivity index (χ1) is 23.8. The Kier molecular flexibility index (Phi) is 10.5. The number of ether oxygens (including phenoxy) is 5. The molecule has 11 heteroatoms. The maximum Gasteiger partial charge on any atom is 0.231 e. The van der Waals surface area contributed by atoms with E-state index in [1.807, 2.05) is 12.1 Å². The van der Waals surface area contributed by atoms with Crippen LogP contribution >= 0.6 is 0 Å². The number of fused-ring (bicyclic) bond motifs is 1. The zero-order chi connectivity index (χ0) is 33.8. The number of hydrogen-bond acceptors (Lipinski definition) is 10. The first-order valence-electron chi connectivity index (χ1n) is 17.7. The van der Waals surface area contributed by atoms with E-state index < -0.39 is 15.6 Å². The van der Waals surface area contributed by atoms with E-state index in [0.29, 0.717) is 30.8 Å². The van der Waals surface area contributed by atoms with Crippen molar-refractivity contribution in [1.82, 2.24) is 14.7 Å². The molecule has 3 aromatic rings. The van der Waals surface area contributed by atoms with Gasteiger partial charge in [0.1, 0.15) is 5.75 Å². The minimum absolute atomic E-state index is 0.0954. The summed E-state index contributed by atoms with van der Waals surface area (Å²) in [4.78, 5) is 7.82. The summed E-state index contributed by atoms with van der Waals surface area (Å²) in [6, 6.07) is 21.0. The molecule has 264 valence electrons. The van der Waals surface area contributed by atoms with Crippen molar-refractivity contribution < 1.29 is 32.1 Å². The average Bonchev–Trinajstić information content (AvgIpc) is 3.82. The summed E-state index contributed by atoms with van der Waals surface area (Å²) in [5, 5.41) is 0. The Morgan fingerprint density at radius 2 is 1.49 bits per heavy atom. The van der Waals surface area contributed by atoms with Gasteiger partial charge >= 0.3 is 0 Å². The van der Waals surface area contributed by atoms with Gasteiger partial charge in [0.25, 0.3) is 0 Å². The molecule has 0 saturated carbocycles. The third kappa shape index (κ3) is 7.62. The van der Waals surface area contributed by atoms with E-state index in [1.165, 1.54) is 24.5 Å². The van der Waals surface area contributed by atoms with E-state index in [1.54, 1.807) is 24.3 Å². The minimum atomic E-state index is -3.73. The summed E-state index contributed by atoms with van der Waals surface area (Å²) in [6.07, 6.45) is 5.32. The topological polar surface area (TPSA) is 90.0 Å². The van der Waals surface area contributed by atoms with Crippen molar-refractivity contribution >= 4 is 9.84 Å². The van der Waals surface area contributed by atoms with Gasteiger partial charge in [-0.05, 0) is 114 Å². The molecule has 4 heterocycles. The van der Waals surface area contributed by atoms with E-state index in [9.17, 15) is 8.42 Å². The van der Waals surface area contributed by atoms with Crippen LogP contribution in [0.5, 0.6) is 17.2 Å². The second-order valence-corrected chi connectivity index (χ2v) is 15.8. The van der Waals surface area contributed by atoms with Crippen molar-refractivity contribution in [2.24, 2.45) is 5.92 Å². The van der Waals surface area contributed by atoms with Crippen molar-refractivity contribution in [2.75, 3.05) is 73.4 Å². The van der Waals surface area contributed by atoms with Crippen molar-refractivity contribution in [1.29, 1.82) is 0 Å². The standard InChI is InChI=1S/C38H49N3O7S/c1-39(2)18-3-23-44-33-8-4-29(5-9-33)27-40-19-16-32(17-20-40)41-21-14-31(15-22-41)38(47-24-25-48-38)30-6-10-34(11-7-30)49(42,43)35-12-13-36-37(26-35)46-28-45-36/h4-13,26,31-32H,3,14-25,27-28H2,1-2H3. The highest BCUT2D eigenvalue weighted by Gasteiger charge is 2.47. The molecule has 3 aromatic carbocycles. The van der Waals surface area contributed by atoms with Gasteiger partial charge in [-0.2, -0.15) is 0 Å². The average molecular weight is 692 g/mol. The third-order valence-corrected chi connectivity index (χ3v) is 12.2. The van der Waals surface area contributed by atoms with Crippen molar-refractivity contribution in [3.05, 3.63) is 77.9 Å². The molecule has 0 radical (unpaired) electrons. The van der Waals surface area contributed by atoms with Gasteiger partial charge in [0.05, 0.1) is 29.6 Å². The Balaban J connectivity index is 0.907. The largest absolute Gasteiger partial charge is 0.494 e. The molecule has 0 unspecified atom stereocenters. The third-order valence-electron chi connectivity index (χ3n) is 10.4. The van der Waals surface area contributed by atoms with E-state index >= 15 is 0 Å². The van der Waals surface area contributed by atoms with Gasteiger partial charge in [0.2, 0.25) is 16.6 Å². The molecule has 4 aliphatic rings. The maximum atomic E-state index is 13.4. The van der Waals surface area contributed by atoms with E-state index in [0.717, 1.165) is 76.5 Å². The summed E-state index contributed by atoms with van der Waals surface area (Å²) < 4.78 is 56.3. The molecule has 0 amide bonds. The maximum absolute atomic E-state index is 13.4. The lowest BCUT2D eigenvalue weighted by Gasteiger charge is -2.45. The highest BCUT2D eigenvalue weighted by Crippen LogP contribution is 2.44. The Hall–Kier alpha value is -3.19. The predicted octanol–water partition coefficient (Wildman–Crippen LogP) is 5.15. The molecule has 0 spiro atoms. The molecule has 0 atom stereocenters. The normalized spacial score (nSPS) is 20.6. The van der Waals surface area contributed by atoms with Crippen LogP contribution in [-0.4, -0.2) is 103 Å². The van der Waals surface area contributed by atoms with Gasteiger partial charge in [-0.1, -0.05) is 24.3 Å². The summed E-state index contributed by atoms with van der Waals surface area (Å²) in [6.45, 7) is 8.13. The second kappa shape index (κ2) is 15.0. The smallest absolute Gasteiger partial charge is 0.231 e. The monoisotopic (exact) mass is 691 g/mol. The van der Waals surface area contributed by atoms with Crippen molar-refractivity contribution in [3.8, 4) is 17.2 Å². The van der Waals surface area contributed by atoms with Gasteiger partial charge in [-0.15, -0.1) is 0 Å². The number of nitrogens with zero attached hydrogens (tertiary/aromatic N) is 3. The SMILES string of the molecule is CN(C)CCCOc1ccc(CN2CCC(N3CCC(C4(c5ccc(S(=O)(=O)c6ccc7c(c6)OCO7)cc5)OCCO4)CC3)CC2)cc1. The lowest BCUT2D eigenvalue weighted by Crippen LogP contribution is -2.50. The molecular formula is C38H49N3O7S. The van der Waals surface area contributed by atoms with Crippen LogP contribution in [0.1, 0.15) is 43.2 Å². The molecule has 3 saturated heterocycles. The molecule has 0 N–H and O–H groups in total. The number of sulfone groups is 1. The van der Waals surface area contributed by atoms with Crippen LogP contribution in [0.2, 0.25) is 0 Å². The van der Waals surface area contributed by atoms with Crippen LogP contribution in [0.3, 0.4) is 0 Å². The fourth-order valence-electron chi connectivity index (χ4n) is 7.72. The Bertz CT molecular complexity index is 1640. The molecule has 4 aliphatic heterocycles. The molecule has 0 aliphatic carbocycles. The predicted molar refractivity (Wildman–Crippen MR) is 186 cm³/mol. The summed E-state index contributed by atoms with van der Waals surface area (Å²) >= 11 is 0. The number of rotatable bonds is 12. The number of piperidine rings is 2. The molecule has 10 nitrogen and oxygen atoms in total. The highest BCUT2D eigenvalue weighted by atomic mass is 32.2. The molecule has 7 rings (SSSR count). The fraction of sp³-hybridized carbons (Fsp3) is 0.526. The van der Waals surface area contributed by atoms with Gasteiger partial charge < -0.3 is 33.5 Å². The molecular weight excluding hydrogens is 642 g/mol. The van der Waals surface area contributed by atoms with Gasteiger partial charge in [-0.25, -0.2) is 8.42 Å². The van der Waals surface area contributed by atoms with E-state index in [-0.39, 0.29) is 22.5 Å². The zero-order valence-electron chi connectivity index (χ0n) is 28.7. The van der Waals surface area contributed by atoms with Crippen LogP contribution in [0.4, 0.5) is 0 Å². The van der Waals surface area contributed by atoms with Crippen LogP contribution < -0.4 is 14.2 Å². The minimum Gasteiger partial charge on any atom is -0.494 e. The van der Waals surface area contributed by atoms with Crippen LogP contribution in [0.25, 0.3) is 0 Å². The Labute approximate surface area is 290 Å². The first-order valence-corrected chi connectivity index (χ1v) is 19.1. The summed E-state index contributed by atoms with van der Waals surface area (Å²) in [5.41, 5.74) is 2.21.